The van der Waals surface area contributed by atoms with Crippen LogP contribution in [0.15, 0.2) is 194 Å². The van der Waals surface area contributed by atoms with Gasteiger partial charge in [-0.25, -0.2) is 0 Å². The maximum absolute atomic E-state index is 2.55. The Morgan fingerprint density at radius 3 is 1.25 bits per heavy atom. The Balaban J connectivity index is 1.09. The van der Waals surface area contributed by atoms with Gasteiger partial charge in [0.2, 0.25) is 0 Å². The van der Waals surface area contributed by atoms with Crippen LogP contribution in [0.5, 0.6) is 0 Å². The first-order valence-electron chi connectivity index (χ1n) is 17.9. The third-order valence-corrected chi connectivity index (χ3v) is 11.5. The fourth-order valence-corrected chi connectivity index (χ4v) is 9.29. The van der Waals surface area contributed by atoms with E-state index in [0.29, 0.717) is 0 Å². The molecule has 0 saturated carbocycles. The number of fused-ring (bicyclic) bond motifs is 12. The molecule has 0 aromatic heterocycles. The molecule has 238 valence electrons. The molecule has 0 amide bonds. The molecule has 0 N–H and O–H groups in total. The molecule has 0 fully saturated rings. The highest BCUT2D eigenvalue weighted by molar-refractivity contribution is 5.98. The van der Waals surface area contributed by atoms with Gasteiger partial charge in [-0.05, 0) is 102 Å². The predicted molar refractivity (Wildman–Crippen MR) is 210 cm³/mol. The lowest BCUT2D eigenvalue weighted by Crippen LogP contribution is -2.25. The Morgan fingerprint density at radius 1 is 0.333 bits per heavy atom. The van der Waals surface area contributed by atoms with E-state index in [1.165, 1.54) is 89.3 Å². The van der Waals surface area contributed by atoms with Crippen molar-refractivity contribution in [1.82, 2.24) is 0 Å². The Kier molecular flexibility index (Phi) is 6.00. The zero-order valence-electron chi connectivity index (χ0n) is 28.0. The third kappa shape index (κ3) is 3.98. The average molecular weight is 648 g/mol. The van der Waals surface area contributed by atoms with Gasteiger partial charge in [-0.15, -0.1) is 0 Å². The van der Waals surface area contributed by atoms with Crippen molar-refractivity contribution in [2.24, 2.45) is 0 Å². The highest BCUT2D eigenvalue weighted by Gasteiger charge is 2.55. The van der Waals surface area contributed by atoms with Crippen molar-refractivity contribution in [2.75, 3.05) is 4.90 Å². The van der Waals surface area contributed by atoms with Gasteiger partial charge in [-0.3, -0.25) is 0 Å². The standard InChI is InChI=1S/C50H33N/c1-3-13-33(14-4-1)35-23-27-37(28-24-35)51(38-29-25-36(26-30-38)34-15-5-2-6-16-34)49-42-31-32-46-47(48(42)49)41-19-9-12-22-45(41)50(46)43-20-10-7-17-39(43)40-18-8-11-21-44(40)50/h1-32,49H. The van der Waals surface area contributed by atoms with Crippen molar-refractivity contribution in [1.29, 1.82) is 0 Å². The highest BCUT2D eigenvalue weighted by Crippen LogP contribution is 2.67. The number of rotatable bonds is 5. The smallest absolute Gasteiger partial charge is 0.0858 e. The first-order valence-corrected chi connectivity index (χ1v) is 17.9. The SMILES string of the molecule is c1ccc(-c2ccc(N(c3ccc(-c4ccccc4)cc3)C3c4ccc5c(c43)-c3ccccc3C53c4ccccc4-c4ccccc43)cc2)cc1. The number of nitrogens with zero attached hydrogens (tertiary/aromatic N) is 1. The minimum atomic E-state index is -0.333. The molecular weight excluding hydrogens is 615 g/mol. The van der Waals surface area contributed by atoms with Crippen LogP contribution in [-0.2, 0) is 5.41 Å². The normalized spacial score (nSPS) is 15.0. The van der Waals surface area contributed by atoms with E-state index in [4.69, 9.17) is 0 Å². The van der Waals surface area contributed by atoms with Gasteiger partial charge in [0.1, 0.15) is 0 Å². The topological polar surface area (TPSA) is 3.24 Å². The van der Waals surface area contributed by atoms with Crippen molar-refractivity contribution in [3.63, 3.8) is 0 Å². The minimum Gasteiger partial charge on any atom is -0.330 e. The van der Waals surface area contributed by atoms with E-state index in [1.54, 1.807) is 0 Å². The third-order valence-electron chi connectivity index (χ3n) is 11.5. The van der Waals surface area contributed by atoms with Crippen LogP contribution in [0.1, 0.15) is 39.4 Å². The van der Waals surface area contributed by atoms with Crippen LogP contribution in [-0.4, -0.2) is 0 Å². The highest BCUT2D eigenvalue weighted by atomic mass is 15.2. The molecule has 3 aliphatic rings. The molecule has 3 aliphatic carbocycles. The van der Waals surface area contributed by atoms with E-state index in [1.807, 2.05) is 0 Å². The first kappa shape index (κ1) is 28.4. The Labute approximate surface area is 298 Å². The zero-order valence-corrected chi connectivity index (χ0v) is 28.0. The minimum absolute atomic E-state index is 0.133. The van der Waals surface area contributed by atoms with Crippen molar-refractivity contribution in [3.05, 3.63) is 228 Å². The summed E-state index contributed by atoms with van der Waals surface area (Å²) in [6.07, 6.45) is 0. The van der Waals surface area contributed by atoms with Gasteiger partial charge in [0, 0.05) is 11.4 Å². The molecule has 0 aliphatic heterocycles. The second-order valence-corrected chi connectivity index (χ2v) is 14.0. The fraction of sp³-hybridized carbons (Fsp3) is 0.0400. The van der Waals surface area contributed by atoms with Crippen LogP contribution in [0.25, 0.3) is 44.5 Å². The molecular formula is C50H33N. The van der Waals surface area contributed by atoms with E-state index in [-0.39, 0.29) is 11.5 Å². The van der Waals surface area contributed by atoms with E-state index in [0.717, 1.165) is 0 Å². The molecule has 1 atom stereocenters. The van der Waals surface area contributed by atoms with Gasteiger partial charge < -0.3 is 4.90 Å². The van der Waals surface area contributed by atoms with Crippen LogP contribution in [0.4, 0.5) is 11.4 Å². The molecule has 0 bridgehead atoms. The van der Waals surface area contributed by atoms with Crippen molar-refractivity contribution < 1.29 is 0 Å². The molecule has 1 unspecified atom stereocenters. The van der Waals surface area contributed by atoms with E-state index in [9.17, 15) is 0 Å². The van der Waals surface area contributed by atoms with Crippen LogP contribution in [0.2, 0.25) is 0 Å². The van der Waals surface area contributed by atoms with Crippen molar-refractivity contribution >= 4 is 11.4 Å². The predicted octanol–water partition coefficient (Wildman–Crippen LogP) is 12.6. The summed E-state index contributed by atoms with van der Waals surface area (Å²) in [5.74, 6) is 0. The van der Waals surface area contributed by atoms with Gasteiger partial charge in [-0.2, -0.15) is 0 Å². The van der Waals surface area contributed by atoms with Crippen LogP contribution in [0.3, 0.4) is 0 Å². The fourth-order valence-electron chi connectivity index (χ4n) is 9.29. The molecule has 0 radical (unpaired) electrons. The van der Waals surface area contributed by atoms with Gasteiger partial charge in [0.15, 0.2) is 0 Å². The van der Waals surface area contributed by atoms with E-state index in [2.05, 4.69) is 199 Å². The number of anilines is 2. The van der Waals surface area contributed by atoms with Gasteiger partial charge in [0.25, 0.3) is 0 Å². The second-order valence-electron chi connectivity index (χ2n) is 14.0. The Hall–Kier alpha value is -6.44. The van der Waals surface area contributed by atoms with E-state index >= 15 is 0 Å². The quantitative estimate of drug-likeness (QED) is 0.180. The molecule has 1 spiro atoms. The Bertz CT molecular complexity index is 2490. The summed E-state index contributed by atoms with van der Waals surface area (Å²) in [6.45, 7) is 0. The van der Waals surface area contributed by atoms with Crippen LogP contribution >= 0.6 is 0 Å². The van der Waals surface area contributed by atoms with Gasteiger partial charge >= 0.3 is 0 Å². The summed E-state index contributed by atoms with van der Waals surface area (Å²) in [6, 6.07) is 71.9. The Morgan fingerprint density at radius 2 is 0.745 bits per heavy atom. The largest absolute Gasteiger partial charge is 0.330 e. The lowest BCUT2D eigenvalue weighted by atomic mass is 9.70. The molecule has 8 aromatic rings. The molecule has 51 heavy (non-hydrogen) atoms. The summed E-state index contributed by atoms with van der Waals surface area (Å²) in [5.41, 5.74) is 20.8. The molecule has 1 heteroatoms. The maximum Gasteiger partial charge on any atom is 0.0858 e. The first-order chi connectivity index (χ1) is 25.3. The zero-order chi connectivity index (χ0) is 33.5. The van der Waals surface area contributed by atoms with Crippen LogP contribution < -0.4 is 4.90 Å². The van der Waals surface area contributed by atoms with Gasteiger partial charge in [0.05, 0.1) is 11.5 Å². The molecule has 11 rings (SSSR count). The van der Waals surface area contributed by atoms with Crippen molar-refractivity contribution in [3.8, 4) is 44.5 Å². The summed E-state index contributed by atoms with van der Waals surface area (Å²) in [7, 11) is 0. The molecule has 8 aromatic carbocycles. The monoisotopic (exact) mass is 647 g/mol. The summed E-state index contributed by atoms with van der Waals surface area (Å²) < 4.78 is 0. The average Bonchev–Trinajstić information content (AvgIpc) is 3.74. The van der Waals surface area contributed by atoms with E-state index < -0.39 is 0 Å². The lowest BCUT2D eigenvalue weighted by molar-refractivity contribution is 0.794. The summed E-state index contributed by atoms with van der Waals surface area (Å²) >= 11 is 0. The summed E-state index contributed by atoms with van der Waals surface area (Å²) in [5, 5.41) is 0. The lowest BCUT2D eigenvalue weighted by Gasteiger charge is -2.30. The number of hydrogen-bond donors (Lipinski definition) is 0. The summed E-state index contributed by atoms with van der Waals surface area (Å²) in [4.78, 5) is 2.55. The number of hydrogen-bond acceptors (Lipinski definition) is 1. The van der Waals surface area contributed by atoms with Crippen molar-refractivity contribution in [2.45, 2.75) is 11.5 Å². The number of benzene rings is 8. The molecule has 1 nitrogen and oxygen atoms in total. The van der Waals surface area contributed by atoms with Gasteiger partial charge in [-0.1, -0.05) is 170 Å². The molecule has 0 heterocycles. The molecule has 0 saturated heterocycles. The maximum atomic E-state index is 2.55. The van der Waals surface area contributed by atoms with Crippen LogP contribution in [0, 0.1) is 0 Å². The second kappa shape index (κ2) is 10.8.